The largest absolute Gasteiger partial charge is 0.352 e. The summed E-state index contributed by atoms with van der Waals surface area (Å²) in [4.78, 5) is 11.5. The highest BCUT2D eigenvalue weighted by Gasteiger charge is 2.05. The van der Waals surface area contributed by atoms with E-state index in [-0.39, 0.29) is 11.9 Å². The fourth-order valence-corrected chi connectivity index (χ4v) is 1.61. The van der Waals surface area contributed by atoms with E-state index in [2.05, 4.69) is 36.5 Å². The number of nitrogens with one attached hydrogen (secondary N) is 1. The zero-order chi connectivity index (χ0) is 12.7. The lowest BCUT2D eigenvalue weighted by atomic mass is 10.1. The van der Waals surface area contributed by atoms with Gasteiger partial charge in [0, 0.05) is 19.0 Å². The first-order valence-electron chi connectivity index (χ1n) is 6.23. The minimum absolute atomic E-state index is 0.0602. The van der Waals surface area contributed by atoms with Crippen LogP contribution in [0.25, 0.3) is 0 Å². The first-order valence-corrected chi connectivity index (χ1v) is 6.23. The molecule has 1 aromatic rings. The number of rotatable bonds is 6. The molecule has 0 bridgehead atoms. The van der Waals surface area contributed by atoms with Crippen LogP contribution >= 0.6 is 0 Å². The van der Waals surface area contributed by atoms with Gasteiger partial charge < -0.3 is 11.1 Å². The molecule has 0 aromatic heterocycles. The van der Waals surface area contributed by atoms with Gasteiger partial charge in [-0.15, -0.1) is 0 Å². The predicted molar refractivity (Wildman–Crippen MR) is 70.8 cm³/mol. The van der Waals surface area contributed by atoms with Gasteiger partial charge in [-0.25, -0.2) is 0 Å². The van der Waals surface area contributed by atoms with Crippen molar-refractivity contribution in [3.05, 3.63) is 35.4 Å². The van der Waals surface area contributed by atoms with Crippen LogP contribution in [-0.4, -0.2) is 18.5 Å². The quantitative estimate of drug-likeness (QED) is 0.786. The van der Waals surface area contributed by atoms with Gasteiger partial charge in [-0.2, -0.15) is 0 Å². The summed E-state index contributed by atoms with van der Waals surface area (Å²) in [6.45, 7) is 4.53. The van der Waals surface area contributed by atoms with Gasteiger partial charge in [-0.05, 0) is 30.9 Å². The van der Waals surface area contributed by atoms with Gasteiger partial charge in [0.25, 0.3) is 0 Å². The lowest BCUT2D eigenvalue weighted by molar-refractivity contribution is -0.121. The maximum absolute atomic E-state index is 11.5. The number of hydrogen-bond acceptors (Lipinski definition) is 2. The average molecular weight is 234 g/mol. The van der Waals surface area contributed by atoms with Crippen molar-refractivity contribution in [2.24, 2.45) is 5.73 Å². The van der Waals surface area contributed by atoms with Crippen molar-refractivity contribution in [2.45, 2.75) is 39.2 Å². The fourth-order valence-electron chi connectivity index (χ4n) is 1.61. The molecule has 1 aromatic carbocycles. The minimum atomic E-state index is 0.0602. The summed E-state index contributed by atoms with van der Waals surface area (Å²) in [5, 5.41) is 2.86. The van der Waals surface area contributed by atoms with Gasteiger partial charge in [0.15, 0.2) is 0 Å². The van der Waals surface area contributed by atoms with Gasteiger partial charge >= 0.3 is 0 Å². The predicted octanol–water partition coefficient (Wildman–Crippen LogP) is 1.64. The number of hydrogen-bond donors (Lipinski definition) is 2. The standard InChI is InChI=1S/C14H22N2O/c1-3-12-4-6-13(7-5-12)8-9-14(17)16-11(2)10-15/h4-7,11H,3,8-10,15H2,1-2H3,(H,16,17)/t11-/m0/s1. The summed E-state index contributed by atoms with van der Waals surface area (Å²) in [5.74, 6) is 0.0718. The molecule has 3 N–H and O–H groups in total. The molecule has 17 heavy (non-hydrogen) atoms. The van der Waals surface area contributed by atoms with E-state index in [1.807, 2.05) is 6.92 Å². The summed E-state index contributed by atoms with van der Waals surface area (Å²) in [6, 6.07) is 8.49. The van der Waals surface area contributed by atoms with Crippen molar-refractivity contribution in [1.29, 1.82) is 0 Å². The molecule has 0 spiro atoms. The molecule has 94 valence electrons. The minimum Gasteiger partial charge on any atom is -0.352 e. The first-order chi connectivity index (χ1) is 8.15. The summed E-state index contributed by atoms with van der Waals surface area (Å²) in [5.41, 5.74) is 7.98. The molecular formula is C14H22N2O. The van der Waals surface area contributed by atoms with E-state index in [4.69, 9.17) is 5.73 Å². The van der Waals surface area contributed by atoms with Crippen LogP contribution in [0.3, 0.4) is 0 Å². The number of benzene rings is 1. The monoisotopic (exact) mass is 234 g/mol. The van der Waals surface area contributed by atoms with Crippen LogP contribution in [0.2, 0.25) is 0 Å². The Bertz CT molecular complexity index is 346. The van der Waals surface area contributed by atoms with Crippen LogP contribution in [0, 0.1) is 0 Å². The normalized spacial score (nSPS) is 12.2. The number of carbonyl (C=O) groups is 1. The summed E-state index contributed by atoms with van der Waals surface area (Å²) in [7, 11) is 0. The molecule has 0 radical (unpaired) electrons. The SMILES string of the molecule is CCc1ccc(CCC(=O)N[C@@H](C)CN)cc1. The zero-order valence-corrected chi connectivity index (χ0v) is 10.7. The van der Waals surface area contributed by atoms with Crippen LogP contribution in [0.5, 0.6) is 0 Å². The zero-order valence-electron chi connectivity index (χ0n) is 10.7. The molecule has 0 aliphatic carbocycles. The van der Waals surface area contributed by atoms with Crippen molar-refractivity contribution in [2.75, 3.05) is 6.54 Å². The highest BCUT2D eigenvalue weighted by molar-refractivity contribution is 5.76. The van der Waals surface area contributed by atoms with Crippen molar-refractivity contribution in [3.63, 3.8) is 0 Å². The van der Waals surface area contributed by atoms with E-state index in [0.717, 1.165) is 12.8 Å². The molecule has 3 heteroatoms. The molecular weight excluding hydrogens is 212 g/mol. The topological polar surface area (TPSA) is 55.1 Å². The third-order valence-electron chi connectivity index (χ3n) is 2.83. The number of amides is 1. The highest BCUT2D eigenvalue weighted by atomic mass is 16.1. The highest BCUT2D eigenvalue weighted by Crippen LogP contribution is 2.07. The second-order valence-electron chi connectivity index (χ2n) is 4.37. The van der Waals surface area contributed by atoms with Crippen LogP contribution in [0.4, 0.5) is 0 Å². The molecule has 0 fully saturated rings. The Morgan fingerprint density at radius 3 is 2.41 bits per heavy atom. The van der Waals surface area contributed by atoms with Crippen LogP contribution in [0.15, 0.2) is 24.3 Å². The molecule has 0 unspecified atom stereocenters. The maximum Gasteiger partial charge on any atom is 0.220 e. The molecule has 3 nitrogen and oxygen atoms in total. The average Bonchev–Trinajstić information content (AvgIpc) is 2.36. The van der Waals surface area contributed by atoms with E-state index in [1.54, 1.807) is 0 Å². The molecule has 0 saturated carbocycles. The van der Waals surface area contributed by atoms with Gasteiger partial charge in [0.05, 0.1) is 0 Å². The smallest absolute Gasteiger partial charge is 0.220 e. The molecule has 0 aliphatic heterocycles. The summed E-state index contributed by atoms with van der Waals surface area (Å²) in [6.07, 6.45) is 2.36. The van der Waals surface area contributed by atoms with Crippen LogP contribution < -0.4 is 11.1 Å². The van der Waals surface area contributed by atoms with Gasteiger partial charge in [0.1, 0.15) is 0 Å². The fraction of sp³-hybridized carbons (Fsp3) is 0.500. The van der Waals surface area contributed by atoms with Gasteiger partial charge in [0.2, 0.25) is 5.91 Å². The Hall–Kier alpha value is -1.35. The maximum atomic E-state index is 11.5. The Balaban J connectivity index is 2.36. The molecule has 0 aliphatic rings. The van der Waals surface area contributed by atoms with E-state index >= 15 is 0 Å². The Labute approximate surface area is 103 Å². The summed E-state index contributed by atoms with van der Waals surface area (Å²) < 4.78 is 0. The van der Waals surface area contributed by atoms with Gasteiger partial charge in [-0.3, -0.25) is 4.79 Å². The Kier molecular flexibility index (Phi) is 5.70. The Morgan fingerprint density at radius 1 is 1.29 bits per heavy atom. The number of carbonyl (C=O) groups excluding carboxylic acids is 1. The van der Waals surface area contributed by atoms with Crippen molar-refractivity contribution in [3.8, 4) is 0 Å². The summed E-state index contributed by atoms with van der Waals surface area (Å²) >= 11 is 0. The van der Waals surface area contributed by atoms with Crippen LogP contribution in [0.1, 0.15) is 31.4 Å². The Morgan fingerprint density at radius 2 is 1.88 bits per heavy atom. The second-order valence-corrected chi connectivity index (χ2v) is 4.37. The van der Waals surface area contributed by atoms with E-state index in [9.17, 15) is 4.79 Å². The second kappa shape index (κ2) is 7.07. The lowest BCUT2D eigenvalue weighted by Crippen LogP contribution is -2.37. The number of nitrogens with two attached hydrogens (primary N) is 1. The van der Waals surface area contributed by atoms with Gasteiger partial charge in [-0.1, -0.05) is 31.2 Å². The third kappa shape index (κ3) is 5.00. The van der Waals surface area contributed by atoms with Crippen molar-refractivity contribution in [1.82, 2.24) is 5.32 Å². The van der Waals surface area contributed by atoms with E-state index in [1.165, 1.54) is 11.1 Å². The molecule has 1 amide bonds. The molecule has 1 rings (SSSR count). The van der Waals surface area contributed by atoms with Crippen molar-refractivity contribution < 1.29 is 4.79 Å². The van der Waals surface area contributed by atoms with Crippen LogP contribution in [-0.2, 0) is 17.6 Å². The third-order valence-corrected chi connectivity index (χ3v) is 2.83. The first kappa shape index (κ1) is 13.7. The lowest BCUT2D eigenvalue weighted by Gasteiger charge is -2.11. The molecule has 1 atom stereocenters. The van der Waals surface area contributed by atoms with E-state index < -0.39 is 0 Å². The number of aryl methyl sites for hydroxylation is 2. The molecule has 0 heterocycles. The van der Waals surface area contributed by atoms with Crippen molar-refractivity contribution >= 4 is 5.91 Å². The molecule has 0 saturated heterocycles. The van der Waals surface area contributed by atoms with E-state index in [0.29, 0.717) is 13.0 Å².